The smallest absolute Gasteiger partial charge is 0.407 e. The molecule has 2 N–H and O–H groups in total. The molecule has 124 valence electrons. The van der Waals surface area contributed by atoms with Crippen molar-refractivity contribution in [2.24, 2.45) is 5.92 Å². The Morgan fingerprint density at radius 1 is 1.36 bits per heavy atom. The van der Waals surface area contributed by atoms with Gasteiger partial charge in [0.1, 0.15) is 11.2 Å². The van der Waals surface area contributed by atoms with Crippen molar-refractivity contribution < 1.29 is 19.4 Å². The molecule has 22 heavy (non-hydrogen) atoms. The number of carbonyl (C=O) groups is 2. The van der Waals surface area contributed by atoms with Crippen LogP contribution in [0.15, 0.2) is 12.2 Å². The number of ether oxygens (including phenoxy) is 1. The van der Waals surface area contributed by atoms with Gasteiger partial charge < -0.3 is 20.1 Å². The second-order valence-corrected chi connectivity index (χ2v) is 7.26. The van der Waals surface area contributed by atoms with Gasteiger partial charge in [0.15, 0.2) is 0 Å². The van der Waals surface area contributed by atoms with Crippen molar-refractivity contribution in [3.05, 3.63) is 12.2 Å². The Hall–Kier alpha value is -1.56. The first-order valence-electron chi connectivity index (χ1n) is 7.82. The number of carbonyl (C=O) groups excluding carboxylic acids is 2. The van der Waals surface area contributed by atoms with E-state index in [0.29, 0.717) is 0 Å². The van der Waals surface area contributed by atoms with E-state index in [-0.39, 0.29) is 31.5 Å². The second-order valence-electron chi connectivity index (χ2n) is 7.26. The van der Waals surface area contributed by atoms with Gasteiger partial charge in [-0.2, -0.15) is 0 Å². The van der Waals surface area contributed by atoms with Gasteiger partial charge >= 0.3 is 6.09 Å². The first kappa shape index (κ1) is 16.8. The van der Waals surface area contributed by atoms with Crippen molar-refractivity contribution >= 4 is 12.0 Å². The molecule has 6 heteroatoms. The zero-order valence-corrected chi connectivity index (χ0v) is 13.6. The van der Waals surface area contributed by atoms with Gasteiger partial charge in [0.25, 0.3) is 0 Å². The highest BCUT2D eigenvalue weighted by molar-refractivity contribution is 5.80. The highest BCUT2D eigenvalue weighted by Crippen LogP contribution is 2.27. The van der Waals surface area contributed by atoms with Crippen LogP contribution >= 0.6 is 0 Å². The van der Waals surface area contributed by atoms with Crippen LogP contribution in [0.1, 0.15) is 40.0 Å². The maximum atomic E-state index is 12.3. The number of nitrogens with one attached hydrogen (secondary N) is 1. The minimum atomic E-state index is -1.04. The van der Waals surface area contributed by atoms with Crippen LogP contribution in [0.25, 0.3) is 0 Å². The summed E-state index contributed by atoms with van der Waals surface area (Å²) in [5.74, 6) is 0.139. The van der Waals surface area contributed by atoms with Crippen LogP contribution < -0.4 is 5.32 Å². The Bertz CT molecular complexity index is 461. The molecule has 2 aliphatic rings. The number of alkyl carbamates (subject to hydrolysis) is 1. The fraction of sp³-hybridized carbons (Fsp3) is 0.750. The first-order valence-corrected chi connectivity index (χ1v) is 7.82. The molecule has 0 aromatic heterocycles. The quantitative estimate of drug-likeness (QED) is 0.773. The molecule has 0 radical (unpaired) electrons. The van der Waals surface area contributed by atoms with Crippen molar-refractivity contribution in [1.82, 2.24) is 10.2 Å². The molecular formula is C16H26N2O4. The van der Waals surface area contributed by atoms with Gasteiger partial charge in [0.05, 0.1) is 19.6 Å². The molecule has 0 aromatic carbocycles. The molecular weight excluding hydrogens is 284 g/mol. The van der Waals surface area contributed by atoms with E-state index in [2.05, 4.69) is 11.4 Å². The molecule has 0 bridgehead atoms. The Morgan fingerprint density at radius 2 is 2.05 bits per heavy atom. The topological polar surface area (TPSA) is 78.9 Å². The van der Waals surface area contributed by atoms with E-state index in [1.807, 2.05) is 6.08 Å². The summed E-state index contributed by atoms with van der Waals surface area (Å²) in [7, 11) is 0. The predicted octanol–water partition coefficient (Wildman–Crippen LogP) is 1.44. The summed E-state index contributed by atoms with van der Waals surface area (Å²) >= 11 is 0. The lowest BCUT2D eigenvalue weighted by Gasteiger charge is -2.47. The molecule has 1 fully saturated rings. The number of rotatable bonds is 3. The molecule has 0 aromatic rings. The Morgan fingerprint density at radius 3 is 2.59 bits per heavy atom. The van der Waals surface area contributed by atoms with Crippen LogP contribution in [0.2, 0.25) is 0 Å². The molecule has 1 unspecified atom stereocenters. The minimum Gasteiger partial charge on any atom is -0.444 e. The van der Waals surface area contributed by atoms with Crippen LogP contribution in [0.4, 0.5) is 4.79 Å². The molecule has 1 aliphatic heterocycles. The molecule has 0 spiro atoms. The third-order valence-electron chi connectivity index (χ3n) is 3.86. The summed E-state index contributed by atoms with van der Waals surface area (Å²) in [6, 6.07) is 0. The summed E-state index contributed by atoms with van der Waals surface area (Å²) in [5, 5.41) is 12.9. The largest absolute Gasteiger partial charge is 0.444 e. The fourth-order valence-electron chi connectivity index (χ4n) is 2.76. The Kier molecular flexibility index (Phi) is 4.80. The standard InChI is InChI=1S/C16H26N2O4/c1-15(2,3)22-14(20)17-9-16(21)10-18(11-16)13(19)12-7-5-4-6-8-12/h4-5,12,21H,6-11H2,1-3H3,(H,17,20). The maximum absolute atomic E-state index is 12.3. The van der Waals surface area contributed by atoms with E-state index in [4.69, 9.17) is 4.74 Å². The average Bonchev–Trinajstić information content (AvgIpc) is 2.40. The van der Waals surface area contributed by atoms with Gasteiger partial charge in [0, 0.05) is 5.92 Å². The van der Waals surface area contributed by atoms with Gasteiger partial charge in [-0.1, -0.05) is 12.2 Å². The molecule has 1 heterocycles. The van der Waals surface area contributed by atoms with E-state index in [9.17, 15) is 14.7 Å². The third-order valence-corrected chi connectivity index (χ3v) is 3.86. The lowest BCUT2D eigenvalue weighted by molar-refractivity contribution is -0.158. The average molecular weight is 310 g/mol. The van der Waals surface area contributed by atoms with Crippen molar-refractivity contribution in [2.75, 3.05) is 19.6 Å². The van der Waals surface area contributed by atoms with E-state index in [1.54, 1.807) is 25.7 Å². The van der Waals surface area contributed by atoms with E-state index >= 15 is 0 Å². The number of likely N-dealkylation sites (tertiary alicyclic amines) is 1. The molecule has 1 aliphatic carbocycles. The lowest BCUT2D eigenvalue weighted by atomic mass is 9.88. The predicted molar refractivity (Wildman–Crippen MR) is 82.2 cm³/mol. The van der Waals surface area contributed by atoms with Gasteiger partial charge in [-0.15, -0.1) is 0 Å². The van der Waals surface area contributed by atoms with Crippen molar-refractivity contribution in [1.29, 1.82) is 0 Å². The normalized spacial score (nSPS) is 23.6. The summed E-state index contributed by atoms with van der Waals surface area (Å²) in [4.78, 5) is 25.5. The van der Waals surface area contributed by atoms with E-state index in [0.717, 1.165) is 19.3 Å². The molecule has 1 atom stereocenters. The van der Waals surface area contributed by atoms with E-state index < -0.39 is 17.3 Å². The van der Waals surface area contributed by atoms with E-state index in [1.165, 1.54) is 0 Å². The van der Waals surface area contributed by atoms with Crippen molar-refractivity contribution in [2.45, 2.75) is 51.2 Å². The maximum Gasteiger partial charge on any atom is 0.407 e. The van der Waals surface area contributed by atoms with Crippen LogP contribution in [0, 0.1) is 5.92 Å². The Labute approximate surface area is 131 Å². The van der Waals surface area contributed by atoms with Crippen LogP contribution in [-0.4, -0.2) is 52.8 Å². The number of hydrogen-bond acceptors (Lipinski definition) is 4. The van der Waals surface area contributed by atoms with Crippen LogP contribution in [0.5, 0.6) is 0 Å². The molecule has 0 saturated carbocycles. The fourth-order valence-corrected chi connectivity index (χ4v) is 2.76. The summed E-state index contributed by atoms with van der Waals surface area (Å²) in [5.41, 5.74) is -1.61. The number of nitrogens with zero attached hydrogens (tertiary/aromatic N) is 1. The number of amides is 2. The number of aliphatic hydroxyl groups is 1. The third kappa shape index (κ3) is 4.47. The SMILES string of the molecule is CC(C)(C)OC(=O)NCC1(O)CN(C(=O)C2CC=CCC2)C1. The van der Waals surface area contributed by atoms with Gasteiger partial charge in [-0.25, -0.2) is 4.79 Å². The second kappa shape index (κ2) is 6.28. The molecule has 6 nitrogen and oxygen atoms in total. The lowest BCUT2D eigenvalue weighted by Crippen LogP contribution is -2.68. The van der Waals surface area contributed by atoms with Gasteiger partial charge in [0.2, 0.25) is 5.91 Å². The summed E-state index contributed by atoms with van der Waals surface area (Å²) < 4.78 is 5.12. The Balaban J connectivity index is 1.73. The number of hydrogen-bond donors (Lipinski definition) is 2. The van der Waals surface area contributed by atoms with Crippen molar-refractivity contribution in [3.8, 4) is 0 Å². The van der Waals surface area contributed by atoms with Crippen LogP contribution in [-0.2, 0) is 9.53 Å². The van der Waals surface area contributed by atoms with Gasteiger partial charge in [-0.05, 0) is 40.0 Å². The first-order chi connectivity index (χ1) is 10.2. The highest BCUT2D eigenvalue weighted by atomic mass is 16.6. The summed E-state index contributed by atoms with van der Waals surface area (Å²) in [6.45, 7) is 5.97. The molecule has 1 saturated heterocycles. The molecule has 2 rings (SSSR count). The minimum absolute atomic E-state index is 0.0355. The zero-order chi connectivity index (χ0) is 16.4. The number of allylic oxidation sites excluding steroid dienone is 2. The highest BCUT2D eigenvalue weighted by Gasteiger charge is 2.45. The van der Waals surface area contributed by atoms with Gasteiger partial charge in [-0.3, -0.25) is 4.79 Å². The molecule has 2 amide bonds. The summed E-state index contributed by atoms with van der Waals surface area (Å²) in [6.07, 6.45) is 6.19. The monoisotopic (exact) mass is 310 g/mol. The van der Waals surface area contributed by atoms with Crippen LogP contribution in [0.3, 0.4) is 0 Å². The number of β-amino-alcohol motifs (C(OH)–C–C–N with tert-alkyl or cyclic N) is 1. The van der Waals surface area contributed by atoms with Crippen molar-refractivity contribution in [3.63, 3.8) is 0 Å². The zero-order valence-electron chi connectivity index (χ0n) is 13.6.